The lowest BCUT2D eigenvalue weighted by molar-refractivity contribution is -0.138. The Morgan fingerprint density at radius 3 is 2.53 bits per heavy atom. The lowest BCUT2D eigenvalue weighted by Crippen LogP contribution is -2.53. The molecule has 2 amide bonds. The molecule has 2 unspecified atom stereocenters. The molecule has 158 valence electrons. The van der Waals surface area contributed by atoms with Gasteiger partial charge in [0.2, 0.25) is 0 Å². The van der Waals surface area contributed by atoms with Gasteiger partial charge in [-0.1, -0.05) is 11.6 Å². The van der Waals surface area contributed by atoms with Crippen LogP contribution in [0.5, 0.6) is 5.75 Å². The van der Waals surface area contributed by atoms with E-state index in [1.807, 2.05) is 24.8 Å². The second-order valence-corrected chi connectivity index (χ2v) is 8.51. The number of nitrogens with zero attached hydrogens (tertiary/aromatic N) is 3. The second kappa shape index (κ2) is 8.60. The number of carbonyl (C=O) groups excluding carboxylic acids is 2. The van der Waals surface area contributed by atoms with E-state index in [2.05, 4.69) is 15.3 Å². The first-order valence-corrected chi connectivity index (χ1v) is 10.6. The zero-order chi connectivity index (χ0) is 21.3. The summed E-state index contributed by atoms with van der Waals surface area (Å²) in [6.07, 6.45) is 6.47. The van der Waals surface area contributed by atoms with Crippen LogP contribution in [0.15, 0.2) is 30.6 Å². The van der Waals surface area contributed by atoms with Crippen molar-refractivity contribution < 1.29 is 14.3 Å². The monoisotopic (exact) mass is 428 g/mol. The van der Waals surface area contributed by atoms with Crippen LogP contribution in [0.2, 0.25) is 5.02 Å². The molecular formula is C22H25ClN4O3. The summed E-state index contributed by atoms with van der Waals surface area (Å²) in [7, 11) is 0. The van der Waals surface area contributed by atoms with Crippen molar-refractivity contribution in [1.82, 2.24) is 20.2 Å². The first-order chi connectivity index (χ1) is 14.4. The summed E-state index contributed by atoms with van der Waals surface area (Å²) in [6.45, 7) is 3.74. The lowest BCUT2D eigenvalue weighted by atomic mass is 9.97. The summed E-state index contributed by atoms with van der Waals surface area (Å²) >= 11 is 5.98. The van der Waals surface area contributed by atoms with Gasteiger partial charge in [0.15, 0.2) is 6.61 Å². The molecule has 0 spiro atoms. The number of rotatable bonds is 5. The highest BCUT2D eigenvalue weighted by Crippen LogP contribution is 2.36. The van der Waals surface area contributed by atoms with Gasteiger partial charge in [0.05, 0.1) is 11.9 Å². The fourth-order valence-corrected chi connectivity index (χ4v) is 4.69. The van der Waals surface area contributed by atoms with Crippen LogP contribution in [0.25, 0.3) is 0 Å². The highest BCUT2D eigenvalue weighted by Gasteiger charge is 2.43. The number of aromatic nitrogens is 2. The number of aryl methyl sites for hydroxylation is 2. The molecule has 2 fully saturated rings. The fraction of sp³-hybridized carbons (Fsp3) is 0.455. The van der Waals surface area contributed by atoms with Crippen molar-refractivity contribution in [2.24, 2.45) is 0 Å². The van der Waals surface area contributed by atoms with Gasteiger partial charge in [-0.3, -0.25) is 14.6 Å². The maximum absolute atomic E-state index is 12.9. The van der Waals surface area contributed by atoms with Crippen LogP contribution in [0.3, 0.4) is 0 Å². The van der Waals surface area contributed by atoms with Gasteiger partial charge in [-0.25, -0.2) is 4.98 Å². The van der Waals surface area contributed by atoms with E-state index in [4.69, 9.17) is 16.3 Å². The van der Waals surface area contributed by atoms with E-state index in [-0.39, 0.29) is 36.5 Å². The maximum atomic E-state index is 12.9. The van der Waals surface area contributed by atoms with Crippen LogP contribution in [-0.2, 0) is 4.79 Å². The molecule has 1 N–H and O–H groups in total. The molecule has 30 heavy (non-hydrogen) atoms. The largest absolute Gasteiger partial charge is 0.483 e. The van der Waals surface area contributed by atoms with Crippen molar-refractivity contribution >= 4 is 23.4 Å². The SMILES string of the molecule is Cc1cnc(C(=O)NC2CC3CCC(C2)N3C(=O)COc2ccc(Cl)cc2C)cn1. The summed E-state index contributed by atoms with van der Waals surface area (Å²) in [5, 5.41) is 3.71. The van der Waals surface area contributed by atoms with Gasteiger partial charge in [0.1, 0.15) is 11.4 Å². The Morgan fingerprint density at radius 2 is 1.90 bits per heavy atom. The van der Waals surface area contributed by atoms with E-state index in [0.717, 1.165) is 36.9 Å². The first-order valence-electron chi connectivity index (χ1n) is 10.2. The van der Waals surface area contributed by atoms with Crippen LogP contribution >= 0.6 is 11.6 Å². The number of carbonyl (C=O) groups is 2. The van der Waals surface area contributed by atoms with E-state index < -0.39 is 0 Å². The highest BCUT2D eigenvalue weighted by molar-refractivity contribution is 6.30. The highest BCUT2D eigenvalue weighted by atomic mass is 35.5. The Bertz CT molecular complexity index is 936. The molecule has 3 heterocycles. The number of benzene rings is 1. The number of halogens is 1. The van der Waals surface area contributed by atoms with Crippen molar-refractivity contribution in [3.63, 3.8) is 0 Å². The molecule has 2 aromatic rings. The quantitative estimate of drug-likeness (QED) is 0.791. The van der Waals surface area contributed by atoms with Gasteiger partial charge in [-0.05, 0) is 63.3 Å². The van der Waals surface area contributed by atoms with Crippen molar-refractivity contribution in [3.8, 4) is 5.75 Å². The third kappa shape index (κ3) is 4.41. The Balaban J connectivity index is 1.33. The molecule has 2 aliphatic heterocycles. The number of piperidine rings is 1. The van der Waals surface area contributed by atoms with Crippen molar-refractivity contribution in [2.75, 3.05) is 6.61 Å². The third-order valence-corrected chi connectivity index (χ3v) is 6.09. The Hall–Kier alpha value is -2.67. The zero-order valence-electron chi connectivity index (χ0n) is 17.1. The molecule has 2 bridgehead atoms. The molecule has 1 aromatic carbocycles. The number of fused-ring (bicyclic) bond motifs is 2. The average Bonchev–Trinajstić information content (AvgIpc) is 2.98. The third-order valence-electron chi connectivity index (χ3n) is 5.86. The number of hydrogen-bond donors (Lipinski definition) is 1. The van der Waals surface area contributed by atoms with Crippen LogP contribution in [0, 0.1) is 13.8 Å². The van der Waals surface area contributed by atoms with Crippen LogP contribution in [0.1, 0.15) is 47.4 Å². The molecule has 2 aliphatic rings. The second-order valence-electron chi connectivity index (χ2n) is 8.07. The maximum Gasteiger partial charge on any atom is 0.271 e. The van der Waals surface area contributed by atoms with E-state index in [9.17, 15) is 9.59 Å². The molecule has 2 atom stereocenters. The molecule has 0 radical (unpaired) electrons. The molecule has 8 heteroatoms. The molecule has 2 saturated heterocycles. The van der Waals surface area contributed by atoms with Gasteiger partial charge in [-0.15, -0.1) is 0 Å². The molecule has 0 saturated carbocycles. The van der Waals surface area contributed by atoms with Crippen molar-refractivity contribution in [1.29, 1.82) is 0 Å². The van der Waals surface area contributed by atoms with Gasteiger partial charge in [0.25, 0.3) is 11.8 Å². The van der Waals surface area contributed by atoms with E-state index >= 15 is 0 Å². The Morgan fingerprint density at radius 1 is 1.17 bits per heavy atom. The van der Waals surface area contributed by atoms with Gasteiger partial charge >= 0.3 is 0 Å². The van der Waals surface area contributed by atoms with Crippen LogP contribution in [0.4, 0.5) is 0 Å². The summed E-state index contributed by atoms with van der Waals surface area (Å²) in [5.74, 6) is 0.445. The predicted molar refractivity (Wildman–Crippen MR) is 113 cm³/mol. The number of hydrogen-bond acceptors (Lipinski definition) is 5. The average molecular weight is 429 g/mol. The van der Waals surface area contributed by atoms with Gasteiger partial charge in [0, 0.05) is 29.3 Å². The minimum absolute atomic E-state index is 0.00541. The predicted octanol–water partition coefficient (Wildman–Crippen LogP) is 3.08. The Labute approximate surface area is 180 Å². The molecular weight excluding hydrogens is 404 g/mol. The van der Waals surface area contributed by atoms with E-state index in [1.165, 1.54) is 6.20 Å². The van der Waals surface area contributed by atoms with Crippen LogP contribution < -0.4 is 10.1 Å². The molecule has 0 aliphatic carbocycles. The zero-order valence-corrected chi connectivity index (χ0v) is 17.9. The van der Waals surface area contributed by atoms with Gasteiger partial charge in [-0.2, -0.15) is 0 Å². The summed E-state index contributed by atoms with van der Waals surface area (Å²) < 4.78 is 5.76. The summed E-state index contributed by atoms with van der Waals surface area (Å²) in [4.78, 5) is 35.6. The standard InChI is InChI=1S/C22H25ClN4O3/c1-13-7-15(23)3-6-20(13)30-12-21(28)27-17-4-5-18(27)9-16(8-17)26-22(29)19-11-24-14(2)10-25-19/h3,6-7,10-11,16-18H,4-5,8-9,12H2,1-2H3,(H,26,29). The van der Waals surface area contributed by atoms with Crippen molar-refractivity contribution in [2.45, 2.75) is 57.7 Å². The smallest absolute Gasteiger partial charge is 0.271 e. The topological polar surface area (TPSA) is 84.4 Å². The van der Waals surface area contributed by atoms with Crippen molar-refractivity contribution in [3.05, 3.63) is 52.6 Å². The molecule has 7 nitrogen and oxygen atoms in total. The summed E-state index contributed by atoms with van der Waals surface area (Å²) in [6, 6.07) is 5.64. The molecule has 4 rings (SSSR count). The minimum atomic E-state index is -0.215. The fourth-order valence-electron chi connectivity index (χ4n) is 4.46. The molecule has 1 aromatic heterocycles. The summed E-state index contributed by atoms with van der Waals surface area (Å²) in [5.41, 5.74) is 1.99. The van der Waals surface area contributed by atoms with Crippen LogP contribution in [-0.4, -0.2) is 51.4 Å². The van der Waals surface area contributed by atoms with E-state index in [1.54, 1.807) is 18.3 Å². The minimum Gasteiger partial charge on any atom is -0.483 e. The van der Waals surface area contributed by atoms with Gasteiger partial charge < -0.3 is 15.0 Å². The van der Waals surface area contributed by atoms with E-state index in [0.29, 0.717) is 16.5 Å². The normalized spacial score (nSPS) is 22.6. The number of nitrogens with one attached hydrogen (secondary N) is 1. The number of ether oxygens (including phenoxy) is 1. The number of amides is 2. The first kappa shape index (κ1) is 20.6. The lowest BCUT2D eigenvalue weighted by Gasteiger charge is -2.39. The Kier molecular flexibility index (Phi) is 5.90.